The third kappa shape index (κ3) is 13.0. The van der Waals surface area contributed by atoms with Crippen molar-refractivity contribution >= 4 is 0 Å². The minimum Gasteiger partial charge on any atom is -0.388 e. The van der Waals surface area contributed by atoms with Crippen molar-refractivity contribution in [2.45, 2.75) is 121 Å². The molecule has 0 aromatic heterocycles. The number of aliphatic hydroxyl groups excluding tert-OH is 1. The summed E-state index contributed by atoms with van der Waals surface area (Å²) in [5.74, 6) is 0. The monoisotopic (exact) mass is 586 g/mol. The highest BCUT2D eigenvalue weighted by molar-refractivity contribution is 5.47. The molecule has 0 aliphatic heterocycles. The van der Waals surface area contributed by atoms with E-state index in [0.717, 1.165) is 23.1 Å². The molecule has 3 rings (SSSR count). The first-order valence-corrected chi connectivity index (χ1v) is 17.3. The van der Waals surface area contributed by atoms with Crippen LogP contribution in [0.15, 0.2) is 91.0 Å². The molecule has 0 aliphatic carbocycles. The lowest BCUT2D eigenvalue weighted by molar-refractivity contribution is -0.0641. The molecule has 1 atom stereocenters. The van der Waals surface area contributed by atoms with Crippen molar-refractivity contribution < 1.29 is 14.6 Å². The maximum absolute atomic E-state index is 10.8. The van der Waals surface area contributed by atoms with Crippen LogP contribution < -0.4 is 0 Å². The predicted octanol–water partition coefficient (Wildman–Crippen LogP) is 10.6. The molecule has 0 fully saturated rings. The molecule has 3 aromatic rings. The summed E-state index contributed by atoms with van der Waals surface area (Å²) in [6.07, 6.45) is 21.1. The number of ether oxygens (including phenoxy) is 2. The summed E-state index contributed by atoms with van der Waals surface area (Å²) in [6.45, 7) is 3.44. The summed E-state index contributed by atoms with van der Waals surface area (Å²) in [5, 5.41) is 10.8. The van der Waals surface area contributed by atoms with Gasteiger partial charge in [-0.15, -0.1) is 0 Å². The van der Waals surface area contributed by atoms with Gasteiger partial charge >= 0.3 is 0 Å². The molecule has 3 aromatic carbocycles. The van der Waals surface area contributed by atoms with Crippen LogP contribution in [-0.2, 0) is 15.1 Å². The Bertz CT molecular complexity index is 940. The molecule has 0 bridgehead atoms. The third-order valence-electron chi connectivity index (χ3n) is 8.49. The van der Waals surface area contributed by atoms with Gasteiger partial charge in [0.25, 0.3) is 0 Å². The van der Waals surface area contributed by atoms with E-state index in [4.69, 9.17) is 9.47 Å². The summed E-state index contributed by atoms with van der Waals surface area (Å²) >= 11 is 0. The molecule has 236 valence electrons. The standard InChI is InChI=1S/C40H58O3/c1-2-3-4-5-6-7-8-9-10-11-12-13-14-15-16-26-33-42-34-39(41)35-43-40(36-27-20-17-21-28-36,37-29-22-18-23-30-37)38-31-24-19-25-32-38/h17-25,27-32,39,41H,2-16,26,33-35H2,1H3/t39-/m0/s1. The molecule has 3 nitrogen and oxygen atoms in total. The molecule has 0 spiro atoms. The summed E-state index contributed by atoms with van der Waals surface area (Å²) in [4.78, 5) is 0. The smallest absolute Gasteiger partial charge is 0.143 e. The van der Waals surface area contributed by atoms with Gasteiger partial charge < -0.3 is 14.6 Å². The normalized spacial score (nSPS) is 12.4. The van der Waals surface area contributed by atoms with Gasteiger partial charge in [0.1, 0.15) is 11.7 Å². The van der Waals surface area contributed by atoms with E-state index in [1.54, 1.807) is 0 Å². The van der Waals surface area contributed by atoms with Crippen LogP contribution >= 0.6 is 0 Å². The molecular weight excluding hydrogens is 528 g/mol. The van der Waals surface area contributed by atoms with Crippen molar-refractivity contribution in [1.82, 2.24) is 0 Å². The lowest BCUT2D eigenvalue weighted by Crippen LogP contribution is -2.36. The molecule has 43 heavy (non-hydrogen) atoms. The van der Waals surface area contributed by atoms with Crippen molar-refractivity contribution in [1.29, 1.82) is 0 Å². The first kappa shape index (κ1) is 35.0. The van der Waals surface area contributed by atoms with E-state index in [1.807, 2.05) is 54.6 Å². The van der Waals surface area contributed by atoms with E-state index in [0.29, 0.717) is 6.61 Å². The van der Waals surface area contributed by atoms with Crippen LogP contribution in [0.1, 0.15) is 126 Å². The quantitative estimate of drug-likeness (QED) is 0.0793. The Labute approximate surface area is 263 Å². The van der Waals surface area contributed by atoms with Crippen LogP contribution in [-0.4, -0.2) is 31.0 Å². The Kier molecular flexibility index (Phi) is 18.0. The molecule has 1 N–H and O–H groups in total. The Morgan fingerprint density at radius 2 is 0.837 bits per heavy atom. The van der Waals surface area contributed by atoms with Crippen molar-refractivity contribution in [3.8, 4) is 0 Å². The number of hydrogen-bond acceptors (Lipinski definition) is 3. The molecule has 3 heteroatoms. The van der Waals surface area contributed by atoms with Crippen molar-refractivity contribution in [2.24, 2.45) is 0 Å². The van der Waals surface area contributed by atoms with Gasteiger partial charge in [-0.25, -0.2) is 0 Å². The predicted molar refractivity (Wildman–Crippen MR) is 182 cm³/mol. The van der Waals surface area contributed by atoms with Gasteiger partial charge in [0.2, 0.25) is 0 Å². The van der Waals surface area contributed by atoms with E-state index < -0.39 is 11.7 Å². The fraction of sp³-hybridized carbons (Fsp3) is 0.550. The van der Waals surface area contributed by atoms with Crippen LogP contribution in [0.25, 0.3) is 0 Å². The van der Waals surface area contributed by atoms with Crippen molar-refractivity contribution in [3.05, 3.63) is 108 Å². The third-order valence-corrected chi connectivity index (χ3v) is 8.49. The van der Waals surface area contributed by atoms with Gasteiger partial charge in [-0.1, -0.05) is 194 Å². The number of hydrogen-bond donors (Lipinski definition) is 1. The molecule has 0 amide bonds. The van der Waals surface area contributed by atoms with Crippen molar-refractivity contribution in [3.63, 3.8) is 0 Å². The highest BCUT2D eigenvalue weighted by atomic mass is 16.5. The first-order chi connectivity index (χ1) is 21.3. The second-order valence-electron chi connectivity index (χ2n) is 12.1. The minimum atomic E-state index is -0.821. The Hall–Kier alpha value is -2.46. The van der Waals surface area contributed by atoms with Crippen LogP contribution in [0.4, 0.5) is 0 Å². The van der Waals surface area contributed by atoms with E-state index in [2.05, 4.69) is 43.3 Å². The first-order valence-electron chi connectivity index (χ1n) is 17.3. The van der Waals surface area contributed by atoms with E-state index in [-0.39, 0.29) is 13.2 Å². The number of benzene rings is 3. The number of unbranched alkanes of at least 4 members (excludes halogenated alkanes) is 15. The van der Waals surface area contributed by atoms with Gasteiger partial charge in [-0.05, 0) is 23.1 Å². The van der Waals surface area contributed by atoms with Gasteiger partial charge in [0.15, 0.2) is 0 Å². The average molecular weight is 587 g/mol. The van der Waals surface area contributed by atoms with E-state index in [1.165, 1.54) is 96.3 Å². The van der Waals surface area contributed by atoms with E-state index >= 15 is 0 Å². The SMILES string of the molecule is CCCCCCCCCCCCCCCCCCOC[C@H](O)COC(c1ccccc1)(c1ccccc1)c1ccccc1. The maximum atomic E-state index is 10.8. The zero-order chi connectivity index (χ0) is 30.3. The number of aliphatic hydroxyl groups is 1. The van der Waals surface area contributed by atoms with Crippen molar-refractivity contribution in [2.75, 3.05) is 19.8 Å². The Morgan fingerprint density at radius 3 is 1.21 bits per heavy atom. The Morgan fingerprint density at radius 1 is 0.488 bits per heavy atom. The van der Waals surface area contributed by atoms with Gasteiger partial charge in [0, 0.05) is 6.61 Å². The second kappa shape index (κ2) is 22.1. The lowest BCUT2D eigenvalue weighted by Gasteiger charge is -2.36. The fourth-order valence-corrected chi connectivity index (χ4v) is 6.01. The molecule has 0 saturated carbocycles. The zero-order valence-corrected chi connectivity index (χ0v) is 26.9. The highest BCUT2D eigenvalue weighted by Crippen LogP contribution is 2.40. The average Bonchev–Trinajstić information content (AvgIpc) is 3.06. The van der Waals surface area contributed by atoms with Crippen LogP contribution in [0.3, 0.4) is 0 Å². The lowest BCUT2D eigenvalue weighted by atomic mass is 9.80. The van der Waals surface area contributed by atoms with Gasteiger partial charge in [-0.2, -0.15) is 0 Å². The topological polar surface area (TPSA) is 38.7 Å². The Balaban J connectivity index is 1.30. The molecule has 0 heterocycles. The fourth-order valence-electron chi connectivity index (χ4n) is 6.01. The molecule has 0 saturated heterocycles. The summed E-state index contributed by atoms with van der Waals surface area (Å²) in [6, 6.07) is 30.9. The largest absolute Gasteiger partial charge is 0.388 e. The molecule has 0 unspecified atom stereocenters. The van der Waals surface area contributed by atoms with Crippen LogP contribution in [0.5, 0.6) is 0 Å². The molecule has 0 aliphatic rings. The minimum absolute atomic E-state index is 0.178. The molecular formula is C40H58O3. The van der Waals surface area contributed by atoms with Gasteiger partial charge in [-0.3, -0.25) is 0 Å². The second-order valence-corrected chi connectivity index (χ2v) is 12.1. The highest BCUT2D eigenvalue weighted by Gasteiger charge is 2.38. The summed E-state index contributed by atoms with van der Waals surface area (Å²) in [5.41, 5.74) is 2.29. The van der Waals surface area contributed by atoms with Crippen LogP contribution in [0, 0.1) is 0 Å². The maximum Gasteiger partial charge on any atom is 0.143 e. The summed E-state index contributed by atoms with van der Waals surface area (Å²) < 4.78 is 12.6. The zero-order valence-electron chi connectivity index (χ0n) is 26.9. The molecule has 0 radical (unpaired) electrons. The summed E-state index contributed by atoms with van der Waals surface area (Å²) in [7, 11) is 0. The van der Waals surface area contributed by atoms with E-state index in [9.17, 15) is 5.11 Å². The van der Waals surface area contributed by atoms with Gasteiger partial charge in [0.05, 0.1) is 13.2 Å². The van der Waals surface area contributed by atoms with Crippen LogP contribution in [0.2, 0.25) is 0 Å². The number of rotatable bonds is 25.